The van der Waals surface area contributed by atoms with Gasteiger partial charge in [0, 0.05) is 6.42 Å². The van der Waals surface area contributed by atoms with Crippen molar-refractivity contribution in [2.24, 2.45) is 0 Å². The number of esters is 1. The molecule has 2 aliphatic heterocycles. The van der Waals surface area contributed by atoms with Crippen molar-refractivity contribution in [3.63, 3.8) is 0 Å². The van der Waals surface area contributed by atoms with Crippen LogP contribution in [0, 0.1) is 0 Å². The molecule has 2 saturated heterocycles. The zero-order valence-corrected chi connectivity index (χ0v) is 10.1. The number of aliphatic hydroxyl groups excluding tert-OH is 1. The van der Waals surface area contributed by atoms with Gasteiger partial charge in [-0.2, -0.15) is 0 Å². The number of fused-ring (bicyclic) bond motifs is 1. The Balaban J connectivity index is 1.74. The van der Waals surface area contributed by atoms with Gasteiger partial charge in [0.25, 0.3) is 0 Å². The Hall–Kier alpha value is -0.650. The maximum atomic E-state index is 11.5. The summed E-state index contributed by atoms with van der Waals surface area (Å²) in [7, 11) is 0. The van der Waals surface area contributed by atoms with Crippen LogP contribution in [0.15, 0.2) is 0 Å². The molecule has 1 N–H and O–H groups in total. The van der Waals surface area contributed by atoms with Gasteiger partial charge < -0.3 is 19.3 Å². The van der Waals surface area contributed by atoms with E-state index in [0.717, 1.165) is 19.3 Å². The molecule has 5 heteroatoms. The fraction of sp³-hybridized carbons (Fsp3) is 0.917. The van der Waals surface area contributed by atoms with Crippen molar-refractivity contribution in [2.45, 2.75) is 57.0 Å². The van der Waals surface area contributed by atoms with Gasteiger partial charge in [0.1, 0.15) is 18.3 Å². The first kappa shape index (κ1) is 12.8. The first-order chi connectivity index (χ1) is 8.22. The number of ether oxygens (including phenoxy) is 3. The maximum absolute atomic E-state index is 11.5. The van der Waals surface area contributed by atoms with Gasteiger partial charge in [-0.15, -0.1) is 0 Å². The van der Waals surface area contributed by atoms with Crippen LogP contribution in [0.3, 0.4) is 0 Å². The number of aliphatic hydroxyl groups is 1. The molecule has 0 radical (unpaired) electrons. The molecule has 0 bridgehead atoms. The van der Waals surface area contributed by atoms with Crippen LogP contribution in [-0.4, -0.2) is 48.7 Å². The van der Waals surface area contributed by atoms with Crippen molar-refractivity contribution < 1.29 is 24.1 Å². The van der Waals surface area contributed by atoms with E-state index in [1.807, 2.05) is 0 Å². The Morgan fingerprint density at radius 2 is 2.06 bits per heavy atom. The third-order valence-corrected chi connectivity index (χ3v) is 3.25. The Morgan fingerprint density at radius 3 is 2.82 bits per heavy atom. The molecule has 0 unspecified atom stereocenters. The predicted octanol–water partition coefficient (Wildman–Crippen LogP) is 0.637. The molecule has 0 saturated carbocycles. The number of carbonyl (C=O) groups excluding carboxylic acids is 1. The van der Waals surface area contributed by atoms with Crippen LogP contribution >= 0.6 is 0 Å². The molecule has 0 aliphatic carbocycles. The van der Waals surface area contributed by atoms with E-state index in [4.69, 9.17) is 14.2 Å². The monoisotopic (exact) mass is 244 g/mol. The number of rotatable bonds is 5. The lowest BCUT2D eigenvalue weighted by molar-refractivity contribution is -0.153. The van der Waals surface area contributed by atoms with E-state index in [0.29, 0.717) is 13.0 Å². The highest BCUT2D eigenvalue weighted by Crippen LogP contribution is 2.29. The van der Waals surface area contributed by atoms with E-state index in [2.05, 4.69) is 6.92 Å². The summed E-state index contributed by atoms with van der Waals surface area (Å²) in [5.41, 5.74) is 0. The van der Waals surface area contributed by atoms with Gasteiger partial charge in [0.15, 0.2) is 6.10 Å². The van der Waals surface area contributed by atoms with Crippen LogP contribution < -0.4 is 0 Å². The molecule has 2 aliphatic rings. The summed E-state index contributed by atoms with van der Waals surface area (Å²) < 4.78 is 16.1. The number of unbranched alkanes of at least 4 members (excludes halogenated alkanes) is 2. The second-order valence-corrected chi connectivity index (χ2v) is 4.65. The van der Waals surface area contributed by atoms with Crippen molar-refractivity contribution in [3.05, 3.63) is 0 Å². The predicted molar refractivity (Wildman–Crippen MR) is 59.5 cm³/mol. The lowest BCUT2D eigenvalue weighted by Gasteiger charge is -2.16. The molecule has 5 nitrogen and oxygen atoms in total. The number of hydrogen-bond acceptors (Lipinski definition) is 5. The maximum Gasteiger partial charge on any atom is 0.306 e. The molecule has 0 spiro atoms. The Kier molecular flexibility index (Phi) is 4.36. The van der Waals surface area contributed by atoms with E-state index >= 15 is 0 Å². The molecule has 4 atom stereocenters. The van der Waals surface area contributed by atoms with Crippen LogP contribution in [0.1, 0.15) is 32.6 Å². The SMILES string of the molecule is CCCCCC(=O)O[C@H]1CO[C@H]2[C@@H]1OC[C@H]2O. The fourth-order valence-electron chi connectivity index (χ4n) is 2.29. The van der Waals surface area contributed by atoms with Crippen LogP contribution in [0.25, 0.3) is 0 Å². The molecule has 0 amide bonds. The molecule has 2 fully saturated rings. The summed E-state index contributed by atoms with van der Waals surface area (Å²) in [6, 6.07) is 0. The smallest absolute Gasteiger partial charge is 0.306 e. The highest BCUT2D eigenvalue weighted by molar-refractivity contribution is 5.69. The molecule has 2 rings (SSSR count). The largest absolute Gasteiger partial charge is 0.457 e. The van der Waals surface area contributed by atoms with Crippen molar-refractivity contribution >= 4 is 5.97 Å². The first-order valence-corrected chi connectivity index (χ1v) is 6.33. The van der Waals surface area contributed by atoms with Crippen molar-refractivity contribution in [2.75, 3.05) is 13.2 Å². The molecule has 17 heavy (non-hydrogen) atoms. The van der Waals surface area contributed by atoms with Gasteiger partial charge >= 0.3 is 5.97 Å². The zero-order chi connectivity index (χ0) is 12.3. The van der Waals surface area contributed by atoms with Crippen molar-refractivity contribution in [3.8, 4) is 0 Å². The minimum atomic E-state index is -0.594. The summed E-state index contributed by atoms with van der Waals surface area (Å²) in [6.07, 6.45) is 1.86. The third kappa shape index (κ3) is 2.97. The Labute approximate surface area is 101 Å². The van der Waals surface area contributed by atoms with Crippen LogP contribution in [-0.2, 0) is 19.0 Å². The summed E-state index contributed by atoms with van der Waals surface area (Å²) in [6.45, 7) is 2.68. The van der Waals surface area contributed by atoms with Gasteiger partial charge in [0.05, 0.1) is 13.2 Å². The topological polar surface area (TPSA) is 65.0 Å². The third-order valence-electron chi connectivity index (χ3n) is 3.25. The number of carbonyl (C=O) groups is 1. The summed E-state index contributed by atoms with van der Waals surface area (Å²) >= 11 is 0. The molecule has 98 valence electrons. The molecule has 0 aromatic carbocycles. The van der Waals surface area contributed by atoms with Crippen molar-refractivity contribution in [1.29, 1.82) is 0 Å². The summed E-state index contributed by atoms with van der Waals surface area (Å²) in [5, 5.41) is 9.53. The quantitative estimate of drug-likeness (QED) is 0.568. The van der Waals surface area contributed by atoms with E-state index in [1.54, 1.807) is 0 Å². The highest BCUT2D eigenvalue weighted by atomic mass is 16.6. The average Bonchev–Trinajstić information content (AvgIpc) is 2.84. The molecule has 0 aromatic heterocycles. The van der Waals surface area contributed by atoms with Crippen molar-refractivity contribution in [1.82, 2.24) is 0 Å². The average molecular weight is 244 g/mol. The molecular weight excluding hydrogens is 224 g/mol. The van der Waals surface area contributed by atoms with E-state index in [9.17, 15) is 9.90 Å². The summed E-state index contributed by atoms with van der Waals surface area (Å²) in [4.78, 5) is 11.5. The second-order valence-electron chi connectivity index (χ2n) is 4.65. The number of hydrogen-bond donors (Lipinski definition) is 1. The Morgan fingerprint density at radius 1 is 1.29 bits per heavy atom. The fourth-order valence-corrected chi connectivity index (χ4v) is 2.29. The zero-order valence-electron chi connectivity index (χ0n) is 10.1. The van der Waals surface area contributed by atoms with Gasteiger partial charge in [0.2, 0.25) is 0 Å². The second kappa shape index (κ2) is 5.80. The molecule has 0 aromatic rings. The van der Waals surface area contributed by atoms with Crippen LogP contribution in [0.2, 0.25) is 0 Å². The first-order valence-electron chi connectivity index (χ1n) is 6.33. The lowest BCUT2D eigenvalue weighted by atomic mass is 10.1. The van der Waals surface area contributed by atoms with E-state index in [1.165, 1.54) is 0 Å². The minimum Gasteiger partial charge on any atom is -0.457 e. The summed E-state index contributed by atoms with van der Waals surface area (Å²) in [5.74, 6) is -0.197. The minimum absolute atomic E-state index is 0.197. The van der Waals surface area contributed by atoms with Gasteiger partial charge in [-0.1, -0.05) is 19.8 Å². The standard InChI is InChI=1S/C12H20O5/c1-2-3-4-5-10(14)17-9-7-16-11-8(13)6-15-12(9)11/h8-9,11-13H,2-7H2,1H3/t8-,9+,11-,12-/m1/s1. The normalized spacial score (nSPS) is 35.9. The van der Waals surface area contributed by atoms with Crippen LogP contribution in [0.4, 0.5) is 0 Å². The highest BCUT2D eigenvalue weighted by Gasteiger charge is 2.48. The molecular formula is C12H20O5. The van der Waals surface area contributed by atoms with E-state index in [-0.39, 0.29) is 30.9 Å². The van der Waals surface area contributed by atoms with Gasteiger partial charge in [-0.05, 0) is 6.42 Å². The van der Waals surface area contributed by atoms with E-state index < -0.39 is 6.10 Å². The van der Waals surface area contributed by atoms with Gasteiger partial charge in [-0.25, -0.2) is 0 Å². The lowest BCUT2D eigenvalue weighted by Crippen LogP contribution is -2.34. The Bertz CT molecular complexity index is 268. The molecule has 2 heterocycles. The van der Waals surface area contributed by atoms with Gasteiger partial charge in [-0.3, -0.25) is 4.79 Å². The van der Waals surface area contributed by atoms with Crippen LogP contribution in [0.5, 0.6) is 0 Å².